The molecule has 1 atom stereocenters. The summed E-state index contributed by atoms with van der Waals surface area (Å²) in [5, 5.41) is 9.83. The minimum absolute atomic E-state index is 0.254. The van der Waals surface area contributed by atoms with E-state index in [4.69, 9.17) is 4.43 Å². The Balaban J connectivity index is 4.06. The van der Waals surface area contributed by atoms with Gasteiger partial charge in [0.25, 0.3) is 0 Å². The molecule has 2 nitrogen and oxygen atoms in total. The molecule has 0 fully saturated rings. The Kier molecular flexibility index (Phi) is 7.11. The van der Waals surface area contributed by atoms with E-state index in [9.17, 15) is 5.11 Å². The van der Waals surface area contributed by atoms with Crippen molar-refractivity contribution in [3.63, 3.8) is 0 Å². The summed E-state index contributed by atoms with van der Waals surface area (Å²) in [7, 11) is -1.63. The Hall–Kier alpha value is -0.383. The molecule has 0 saturated carbocycles. The lowest BCUT2D eigenvalue weighted by molar-refractivity contribution is 0.172. The van der Waals surface area contributed by atoms with Gasteiger partial charge in [0, 0.05) is 0 Å². The maximum Gasteiger partial charge on any atom is 0.192 e. The summed E-state index contributed by atoms with van der Waals surface area (Å²) in [6, 6.07) is 0. The highest BCUT2D eigenvalue weighted by Crippen LogP contribution is 2.36. The number of aliphatic hydroxyl groups excluding tert-OH is 1. The van der Waals surface area contributed by atoms with Gasteiger partial charge in [-0.1, -0.05) is 58.9 Å². The molecule has 0 saturated heterocycles. The van der Waals surface area contributed by atoms with E-state index < -0.39 is 8.32 Å². The number of rotatable bonds is 6. The molecular formula is C15H30O2Si. The normalized spacial score (nSPS) is 16.1. The van der Waals surface area contributed by atoms with Crippen LogP contribution in [0.1, 0.15) is 34.6 Å². The predicted octanol–water partition coefficient (Wildman–Crippen LogP) is 4.14. The van der Waals surface area contributed by atoms with Crippen LogP contribution in [0.25, 0.3) is 0 Å². The molecule has 0 heterocycles. The van der Waals surface area contributed by atoms with E-state index in [1.54, 1.807) is 0 Å². The standard InChI is InChI=1S/C15H30O2Si/c1-13(2)14(16)11-9-8-10-12-17-18(6,7)15(3,4)5/h8-11,13-14,16H,12H2,1-7H3/b10-8+,11-9+/t14-/m0/s1. The van der Waals surface area contributed by atoms with E-state index in [1.807, 2.05) is 38.2 Å². The van der Waals surface area contributed by atoms with Gasteiger partial charge >= 0.3 is 0 Å². The largest absolute Gasteiger partial charge is 0.413 e. The molecule has 0 spiro atoms. The first-order valence-electron chi connectivity index (χ1n) is 6.73. The van der Waals surface area contributed by atoms with E-state index in [-0.39, 0.29) is 17.1 Å². The lowest BCUT2D eigenvalue weighted by atomic mass is 10.1. The van der Waals surface area contributed by atoms with Crippen molar-refractivity contribution in [3.05, 3.63) is 24.3 Å². The highest BCUT2D eigenvalue weighted by Gasteiger charge is 2.36. The fraction of sp³-hybridized carbons (Fsp3) is 0.733. The average molecular weight is 270 g/mol. The SMILES string of the molecule is CC(C)[C@@H](O)/C=C/C=C/CO[Si](C)(C)C(C)(C)C. The van der Waals surface area contributed by atoms with E-state index in [2.05, 4.69) is 33.9 Å². The molecule has 0 aliphatic heterocycles. The topological polar surface area (TPSA) is 29.5 Å². The van der Waals surface area contributed by atoms with Crippen molar-refractivity contribution in [2.75, 3.05) is 6.61 Å². The van der Waals surface area contributed by atoms with Gasteiger partial charge in [-0.15, -0.1) is 0 Å². The maximum absolute atomic E-state index is 9.57. The van der Waals surface area contributed by atoms with Crippen molar-refractivity contribution in [2.45, 2.75) is 58.9 Å². The molecule has 0 amide bonds. The molecule has 0 bridgehead atoms. The average Bonchev–Trinajstić information content (AvgIpc) is 2.20. The molecule has 106 valence electrons. The molecule has 18 heavy (non-hydrogen) atoms. The fourth-order valence-electron chi connectivity index (χ4n) is 1.01. The van der Waals surface area contributed by atoms with Gasteiger partial charge in [-0.3, -0.25) is 0 Å². The van der Waals surface area contributed by atoms with Crippen LogP contribution in [-0.2, 0) is 4.43 Å². The second-order valence-corrected chi connectivity index (χ2v) is 11.4. The highest BCUT2D eigenvalue weighted by atomic mass is 28.4. The third-order valence-electron chi connectivity index (χ3n) is 3.59. The quantitative estimate of drug-likeness (QED) is 0.580. The van der Waals surface area contributed by atoms with Gasteiger partial charge in [-0.2, -0.15) is 0 Å². The summed E-state index contributed by atoms with van der Waals surface area (Å²) >= 11 is 0. The molecule has 0 aliphatic carbocycles. The molecule has 0 unspecified atom stereocenters. The highest BCUT2D eigenvalue weighted by molar-refractivity contribution is 6.74. The zero-order valence-electron chi connectivity index (χ0n) is 13.0. The Morgan fingerprint density at radius 2 is 1.72 bits per heavy atom. The maximum atomic E-state index is 9.57. The van der Waals surface area contributed by atoms with Crippen LogP contribution in [0.15, 0.2) is 24.3 Å². The zero-order valence-corrected chi connectivity index (χ0v) is 14.0. The summed E-state index contributed by atoms with van der Waals surface area (Å²) in [4.78, 5) is 0. The fourth-order valence-corrected chi connectivity index (χ4v) is 1.95. The summed E-state index contributed by atoms with van der Waals surface area (Å²) in [6.07, 6.45) is 7.28. The van der Waals surface area contributed by atoms with Gasteiger partial charge in [-0.25, -0.2) is 0 Å². The second-order valence-electron chi connectivity index (χ2n) is 6.62. The number of hydrogen-bond acceptors (Lipinski definition) is 2. The van der Waals surface area contributed by atoms with Crippen molar-refractivity contribution in [1.29, 1.82) is 0 Å². The minimum atomic E-state index is -1.63. The predicted molar refractivity (Wildman–Crippen MR) is 82.3 cm³/mol. The summed E-state index contributed by atoms with van der Waals surface area (Å²) in [5.74, 6) is 0.262. The Labute approximate surface area is 114 Å². The van der Waals surface area contributed by atoms with Crippen molar-refractivity contribution >= 4 is 8.32 Å². The number of aliphatic hydroxyl groups is 1. The van der Waals surface area contributed by atoms with E-state index in [1.165, 1.54) is 0 Å². The van der Waals surface area contributed by atoms with Crippen molar-refractivity contribution in [1.82, 2.24) is 0 Å². The van der Waals surface area contributed by atoms with Crippen LogP contribution in [-0.4, -0.2) is 26.1 Å². The van der Waals surface area contributed by atoms with E-state index in [0.717, 1.165) is 0 Å². The van der Waals surface area contributed by atoms with Gasteiger partial charge in [-0.05, 0) is 24.1 Å². The summed E-state index contributed by atoms with van der Waals surface area (Å²) in [6.45, 7) is 15.9. The molecule has 0 aromatic rings. The number of allylic oxidation sites excluding steroid dienone is 2. The first-order chi connectivity index (χ1) is 8.08. The smallest absolute Gasteiger partial charge is 0.192 e. The minimum Gasteiger partial charge on any atom is -0.413 e. The summed E-state index contributed by atoms with van der Waals surface area (Å²) in [5.41, 5.74) is 0. The van der Waals surface area contributed by atoms with Gasteiger partial charge in [0.05, 0.1) is 12.7 Å². The lowest BCUT2D eigenvalue weighted by Gasteiger charge is -2.35. The third kappa shape index (κ3) is 6.52. The Bertz CT molecular complexity index is 285. The number of hydrogen-bond donors (Lipinski definition) is 1. The van der Waals surface area contributed by atoms with Crippen LogP contribution in [0.5, 0.6) is 0 Å². The zero-order chi connectivity index (χ0) is 14.4. The molecule has 0 aliphatic rings. The first-order valence-corrected chi connectivity index (χ1v) is 9.64. The van der Waals surface area contributed by atoms with Gasteiger partial charge in [0.1, 0.15) is 0 Å². The van der Waals surface area contributed by atoms with Crippen LogP contribution >= 0.6 is 0 Å². The van der Waals surface area contributed by atoms with Crippen LogP contribution in [0, 0.1) is 5.92 Å². The molecule has 0 radical (unpaired) electrons. The third-order valence-corrected chi connectivity index (χ3v) is 8.09. The van der Waals surface area contributed by atoms with Crippen LogP contribution in [0.2, 0.25) is 18.1 Å². The van der Waals surface area contributed by atoms with Crippen LogP contribution in [0.4, 0.5) is 0 Å². The monoisotopic (exact) mass is 270 g/mol. The lowest BCUT2D eigenvalue weighted by Crippen LogP contribution is -2.40. The van der Waals surface area contributed by atoms with Gasteiger partial charge in [0.15, 0.2) is 8.32 Å². The Morgan fingerprint density at radius 3 is 2.17 bits per heavy atom. The van der Waals surface area contributed by atoms with Gasteiger partial charge < -0.3 is 9.53 Å². The molecule has 0 aromatic heterocycles. The molecule has 0 rings (SSSR count). The van der Waals surface area contributed by atoms with Gasteiger partial charge in [0.2, 0.25) is 0 Å². The molecule has 1 N–H and O–H groups in total. The first kappa shape index (κ1) is 17.6. The molecular weight excluding hydrogens is 240 g/mol. The molecule has 0 aromatic carbocycles. The second kappa shape index (κ2) is 7.27. The van der Waals surface area contributed by atoms with Crippen LogP contribution in [0.3, 0.4) is 0 Å². The van der Waals surface area contributed by atoms with E-state index >= 15 is 0 Å². The van der Waals surface area contributed by atoms with Crippen molar-refractivity contribution in [2.24, 2.45) is 5.92 Å². The van der Waals surface area contributed by atoms with Crippen molar-refractivity contribution in [3.8, 4) is 0 Å². The van der Waals surface area contributed by atoms with E-state index in [0.29, 0.717) is 6.61 Å². The van der Waals surface area contributed by atoms with Crippen LogP contribution < -0.4 is 0 Å². The van der Waals surface area contributed by atoms with Crippen molar-refractivity contribution < 1.29 is 9.53 Å². The molecule has 3 heteroatoms. The Morgan fingerprint density at radius 1 is 1.17 bits per heavy atom. The summed E-state index contributed by atoms with van der Waals surface area (Å²) < 4.78 is 6.00.